The molecule has 158 valence electrons. The topological polar surface area (TPSA) is 74.4 Å². The number of para-hydroxylation sites is 1. The molecule has 0 radical (unpaired) electrons. The van der Waals surface area contributed by atoms with Gasteiger partial charge in [-0.1, -0.05) is 19.1 Å². The van der Waals surface area contributed by atoms with Crippen molar-refractivity contribution in [1.82, 2.24) is 21.5 Å². The van der Waals surface area contributed by atoms with E-state index in [1.54, 1.807) is 0 Å². The van der Waals surface area contributed by atoms with Crippen LogP contribution < -0.4 is 26.2 Å². The van der Waals surface area contributed by atoms with Crippen LogP contribution in [0.25, 0.3) is 0 Å². The molecule has 2 saturated heterocycles. The van der Waals surface area contributed by atoms with Crippen LogP contribution in [-0.2, 0) is 11.0 Å². The molecule has 2 heterocycles. The molecule has 0 saturated carbocycles. The van der Waals surface area contributed by atoms with Crippen LogP contribution in [0.5, 0.6) is 5.75 Å². The number of piperidine rings is 1. The molecule has 6 nitrogen and oxygen atoms in total. The minimum atomic E-state index is -4.49. The van der Waals surface area contributed by atoms with E-state index in [0.717, 1.165) is 25.6 Å². The second-order valence-electron chi connectivity index (χ2n) is 6.92. The monoisotopic (exact) mass is 422 g/mol. The van der Waals surface area contributed by atoms with Gasteiger partial charge in [-0.2, -0.15) is 13.2 Å². The molecule has 0 aromatic heterocycles. The Morgan fingerprint density at radius 3 is 2.79 bits per heavy atom. The van der Waals surface area contributed by atoms with Crippen LogP contribution >= 0.6 is 12.4 Å². The summed E-state index contributed by atoms with van der Waals surface area (Å²) in [5.41, 5.74) is 5.36. The van der Waals surface area contributed by atoms with Gasteiger partial charge < -0.3 is 15.4 Å². The van der Waals surface area contributed by atoms with Crippen LogP contribution in [0.2, 0.25) is 0 Å². The lowest BCUT2D eigenvalue weighted by Gasteiger charge is -2.28. The fraction of sp³-hybridized carbons (Fsp3) is 0.611. The number of hydrogen-bond acceptors (Lipinski definition) is 5. The van der Waals surface area contributed by atoms with Gasteiger partial charge in [0.15, 0.2) is 0 Å². The van der Waals surface area contributed by atoms with Gasteiger partial charge >= 0.3 is 6.18 Å². The zero-order valence-corrected chi connectivity index (χ0v) is 16.3. The number of hydrogen-bond donors (Lipinski definition) is 4. The SMILES string of the molecule is CCC(CNC(=O)C1NNC2CCNCC21)Oc1ccccc1C(F)(F)F.Cl. The molecule has 0 aliphatic carbocycles. The van der Waals surface area contributed by atoms with Gasteiger partial charge in [-0.25, -0.2) is 5.43 Å². The molecule has 0 bridgehead atoms. The van der Waals surface area contributed by atoms with E-state index in [-0.39, 0.29) is 48.6 Å². The number of benzene rings is 1. The number of amides is 1. The number of rotatable bonds is 6. The molecule has 4 unspecified atom stereocenters. The third-order valence-corrected chi connectivity index (χ3v) is 5.11. The Hall–Kier alpha value is -1.55. The van der Waals surface area contributed by atoms with Crippen LogP contribution in [0.3, 0.4) is 0 Å². The Bertz CT molecular complexity index is 662. The minimum absolute atomic E-state index is 0. The van der Waals surface area contributed by atoms with Crippen molar-refractivity contribution in [2.75, 3.05) is 19.6 Å². The van der Waals surface area contributed by atoms with Crippen molar-refractivity contribution < 1.29 is 22.7 Å². The molecule has 3 rings (SSSR count). The van der Waals surface area contributed by atoms with Gasteiger partial charge in [0.25, 0.3) is 0 Å². The Morgan fingerprint density at radius 2 is 2.07 bits per heavy atom. The van der Waals surface area contributed by atoms with E-state index in [1.165, 1.54) is 18.2 Å². The number of alkyl halides is 3. The Balaban J connectivity index is 0.00000280. The van der Waals surface area contributed by atoms with Crippen molar-refractivity contribution in [2.24, 2.45) is 5.92 Å². The first-order valence-corrected chi connectivity index (χ1v) is 9.22. The van der Waals surface area contributed by atoms with Crippen LogP contribution in [0, 0.1) is 5.92 Å². The van der Waals surface area contributed by atoms with E-state index >= 15 is 0 Å². The van der Waals surface area contributed by atoms with Crippen LogP contribution in [0.1, 0.15) is 25.3 Å². The van der Waals surface area contributed by atoms with Crippen LogP contribution in [-0.4, -0.2) is 43.7 Å². The van der Waals surface area contributed by atoms with E-state index in [0.29, 0.717) is 6.42 Å². The van der Waals surface area contributed by atoms with Gasteiger partial charge in [-0.3, -0.25) is 10.2 Å². The highest BCUT2D eigenvalue weighted by atomic mass is 35.5. The first kappa shape index (κ1) is 22.7. The normalized spacial score (nSPS) is 25.4. The van der Waals surface area contributed by atoms with E-state index < -0.39 is 17.8 Å². The van der Waals surface area contributed by atoms with Crippen molar-refractivity contribution in [3.63, 3.8) is 0 Å². The number of hydrazine groups is 1. The molecule has 4 N–H and O–H groups in total. The average Bonchev–Trinajstić information content (AvgIpc) is 3.08. The molecule has 4 atom stereocenters. The minimum Gasteiger partial charge on any atom is -0.488 e. The lowest BCUT2D eigenvalue weighted by molar-refractivity contribution is -0.139. The van der Waals surface area contributed by atoms with E-state index in [9.17, 15) is 18.0 Å². The Morgan fingerprint density at radius 1 is 1.32 bits per heavy atom. The highest BCUT2D eigenvalue weighted by Crippen LogP contribution is 2.36. The fourth-order valence-electron chi connectivity index (χ4n) is 3.55. The summed E-state index contributed by atoms with van der Waals surface area (Å²) < 4.78 is 44.9. The summed E-state index contributed by atoms with van der Waals surface area (Å²) in [5, 5.41) is 6.09. The van der Waals surface area contributed by atoms with Gasteiger partial charge in [-0.15, -0.1) is 12.4 Å². The first-order chi connectivity index (χ1) is 12.9. The average molecular weight is 423 g/mol. The van der Waals surface area contributed by atoms with Crippen molar-refractivity contribution >= 4 is 18.3 Å². The van der Waals surface area contributed by atoms with Gasteiger partial charge in [0.05, 0.1) is 12.1 Å². The zero-order valence-electron chi connectivity index (χ0n) is 15.5. The molecular weight excluding hydrogens is 397 g/mol. The molecule has 0 spiro atoms. The summed E-state index contributed by atoms with van der Waals surface area (Å²) >= 11 is 0. The summed E-state index contributed by atoms with van der Waals surface area (Å²) in [5.74, 6) is -0.251. The lowest BCUT2D eigenvalue weighted by Crippen LogP contribution is -2.50. The highest BCUT2D eigenvalue weighted by Gasteiger charge is 2.41. The number of carbonyl (C=O) groups excluding carboxylic acids is 1. The van der Waals surface area contributed by atoms with Crippen molar-refractivity contribution in [3.05, 3.63) is 29.8 Å². The van der Waals surface area contributed by atoms with E-state index in [2.05, 4.69) is 21.5 Å². The molecular formula is C18H26ClF3N4O2. The lowest BCUT2D eigenvalue weighted by atomic mass is 9.89. The summed E-state index contributed by atoms with van der Waals surface area (Å²) in [4.78, 5) is 12.5. The van der Waals surface area contributed by atoms with Crippen molar-refractivity contribution in [3.8, 4) is 5.75 Å². The number of halogens is 4. The number of fused-ring (bicyclic) bond motifs is 1. The smallest absolute Gasteiger partial charge is 0.419 e. The molecule has 2 aliphatic rings. The molecule has 1 aromatic carbocycles. The Kier molecular flexibility index (Phi) is 7.94. The summed E-state index contributed by atoms with van der Waals surface area (Å²) in [6.45, 7) is 3.61. The predicted octanol–water partition coefficient (Wildman–Crippen LogP) is 1.86. The quantitative estimate of drug-likeness (QED) is 0.563. The van der Waals surface area contributed by atoms with Crippen molar-refractivity contribution in [2.45, 2.75) is 44.1 Å². The second-order valence-corrected chi connectivity index (χ2v) is 6.92. The summed E-state index contributed by atoms with van der Waals surface area (Å²) in [6.07, 6.45) is -3.63. The van der Waals surface area contributed by atoms with Gasteiger partial charge in [0.1, 0.15) is 17.9 Å². The summed E-state index contributed by atoms with van der Waals surface area (Å²) in [7, 11) is 0. The molecule has 1 amide bonds. The van der Waals surface area contributed by atoms with Gasteiger partial charge in [-0.05, 0) is 31.5 Å². The number of nitrogens with one attached hydrogen (secondary N) is 4. The molecule has 2 fully saturated rings. The molecule has 2 aliphatic heterocycles. The third kappa shape index (κ3) is 5.28. The van der Waals surface area contributed by atoms with Crippen molar-refractivity contribution in [1.29, 1.82) is 0 Å². The van der Waals surface area contributed by atoms with Gasteiger partial charge in [0.2, 0.25) is 5.91 Å². The standard InChI is InChI=1S/C18H25F3N4O2.ClH/c1-2-11(27-15-6-4-3-5-13(15)18(19,20)21)9-23-17(26)16-12-10-22-8-7-14(12)24-25-16;/h3-6,11-12,14,16,22,24-25H,2,7-10H2,1H3,(H,23,26);1H. The largest absolute Gasteiger partial charge is 0.488 e. The van der Waals surface area contributed by atoms with Crippen LogP contribution in [0.4, 0.5) is 13.2 Å². The van der Waals surface area contributed by atoms with E-state index in [1.807, 2.05) is 6.92 Å². The molecule has 10 heteroatoms. The fourth-order valence-corrected chi connectivity index (χ4v) is 3.55. The molecule has 28 heavy (non-hydrogen) atoms. The number of carbonyl (C=O) groups is 1. The third-order valence-electron chi connectivity index (χ3n) is 5.11. The number of ether oxygens (including phenoxy) is 1. The van der Waals surface area contributed by atoms with Gasteiger partial charge in [0, 0.05) is 18.5 Å². The maximum absolute atomic E-state index is 13.1. The highest BCUT2D eigenvalue weighted by molar-refractivity contribution is 5.85. The van der Waals surface area contributed by atoms with Crippen LogP contribution in [0.15, 0.2) is 24.3 Å². The maximum atomic E-state index is 13.1. The molecule has 1 aromatic rings. The second kappa shape index (κ2) is 9.78. The Labute approximate surface area is 168 Å². The first-order valence-electron chi connectivity index (χ1n) is 9.22. The maximum Gasteiger partial charge on any atom is 0.419 e. The summed E-state index contributed by atoms with van der Waals surface area (Å²) in [6, 6.07) is 4.99. The zero-order chi connectivity index (χ0) is 19.4. The predicted molar refractivity (Wildman–Crippen MR) is 101 cm³/mol. The van der Waals surface area contributed by atoms with E-state index in [4.69, 9.17) is 4.74 Å².